The predicted octanol–water partition coefficient (Wildman–Crippen LogP) is 5.09. The molecule has 1 aliphatic carbocycles. The molecule has 2 aromatic rings. The lowest BCUT2D eigenvalue weighted by Crippen LogP contribution is -2.54. The molecule has 0 bridgehead atoms. The van der Waals surface area contributed by atoms with Crippen LogP contribution in [0.4, 0.5) is 4.39 Å². The van der Waals surface area contributed by atoms with Gasteiger partial charge in [-0.3, -0.25) is 4.90 Å². The van der Waals surface area contributed by atoms with Crippen LogP contribution in [0.15, 0.2) is 48.5 Å². The van der Waals surface area contributed by atoms with Crippen molar-refractivity contribution in [2.24, 2.45) is 5.92 Å². The monoisotopic (exact) mass is 383 g/mol. The number of para-hydroxylation sites is 1. The Bertz CT molecular complexity index is 811. The van der Waals surface area contributed by atoms with Gasteiger partial charge in [0.2, 0.25) is 0 Å². The molecule has 150 valence electrons. The number of piperidine rings is 1. The number of halogens is 1. The molecule has 1 heterocycles. The number of hydrogen-bond acceptors (Lipinski definition) is 3. The van der Waals surface area contributed by atoms with Crippen molar-refractivity contribution >= 4 is 0 Å². The fourth-order valence-electron chi connectivity index (χ4n) is 5.21. The lowest BCUT2D eigenvalue weighted by Gasteiger charge is -2.53. The Morgan fingerprint density at radius 3 is 2.82 bits per heavy atom. The molecule has 1 saturated heterocycles. The molecule has 4 rings (SSSR count). The highest BCUT2D eigenvalue weighted by molar-refractivity contribution is 5.37. The molecular formula is C24H30FNO2. The van der Waals surface area contributed by atoms with Crippen molar-refractivity contribution < 1.29 is 14.2 Å². The van der Waals surface area contributed by atoms with E-state index in [9.17, 15) is 9.50 Å². The zero-order valence-electron chi connectivity index (χ0n) is 16.6. The van der Waals surface area contributed by atoms with E-state index < -0.39 is 5.60 Å². The average Bonchev–Trinajstić information content (AvgIpc) is 2.69. The number of ether oxygens (including phenoxy) is 1. The maximum atomic E-state index is 13.8. The summed E-state index contributed by atoms with van der Waals surface area (Å²) in [5, 5.41) is 11.4. The van der Waals surface area contributed by atoms with E-state index in [-0.39, 0.29) is 17.8 Å². The van der Waals surface area contributed by atoms with Crippen molar-refractivity contribution in [2.45, 2.75) is 57.2 Å². The van der Waals surface area contributed by atoms with E-state index in [0.29, 0.717) is 13.2 Å². The lowest BCUT2D eigenvalue weighted by atomic mass is 9.66. The Balaban J connectivity index is 1.72. The van der Waals surface area contributed by atoms with Crippen molar-refractivity contribution in [1.82, 2.24) is 4.90 Å². The van der Waals surface area contributed by atoms with Crippen molar-refractivity contribution in [3.63, 3.8) is 0 Å². The van der Waals surface area contributed by atoms with E-state index in [1.807, 2.05) is 25.1 Å². The van der Waals surface area contributed by atoms with Gasteiger partial charge in [0.15, 0.2) is 0 Å². The summed E-state index contributed by atoms with van der Waals surface area (Å²) in [5.41, 5.74) is 1.51. The molecule has 0 aromatic heterocycles. The zero-order chi connectivity index (χ0) is 19.6. The molecule has 0 spiro atoms. The highest BCUT2D eigenvalue weighted by atomic mass is 19.1. The van der Waals surface area contributed by atoms with Crippen LogP contribution in [-0.4, -0.2) is 28.8 Å². The van der Waals surface area contributed by atoms with Gasteiger partial charge in [-0.05, 0) is 49.9 Å². The molecule has 2 aliphatic rings. The molecule has 0 radical (unpaired) electrons. The molecule has 4 heteroatoms. The van der Waals surface area contributed by atoms with E-state index in [1.165, 1.54) is 6.07 Å². The Kier molecular flexibility index (Phi) is 5.70. The maximum absolute atomic E-state index is 13.8. The van der Waals surface area contributed by atoms with Crippen molar-refractivity contribution in [1.29, 1.82) is 0 Å². The van der Waals surface area contributed by atoms with E-state index >= 15 is 0 Å². The normalized spacial score (nSPS) is 28.0. The standard InChI is InChI=1S/C24H30FNO2/c1-2-28-22-12-4-3-10-20(22)23-21-11-5-6-13-24(21,27)14-15-26(23)17-18-8-7-9-19(25)16-18/h3-4,7-10,12,16,21,23,27H,2,5-6,11,13-15,17H2,1H3/t21-,23+,24-/m1/s1. The van der Waals surface area contributed by atoms with Gasteiger partial charge in [0.25, 0.3) is 0 Å². The molecule has 0 unspecified atom stereocenters. The van der Waals surface area contributed by atoms with Gasteiger partial charge < -0.3 is 9.84 Å². The molecule has 2 fully saturated rings. The number of nitrogens with zero attached hydrogens (tertiary/aromatic N) is 1. The number of benzene rings is 2. The summed E-state index contributed by atoms with van der Waals surface area (Å²) < 4.78 is 19.7. The van der Waals surface area contributed by atoms with Crippen LogP contribution in [0.25, 0.3) is 0 Å². The maximum Gasteiger partial charge on any atom is 0.124 e. The summed E-state index contributed by atoms with van der Waals surface area (Å²) in [7, 11) is 0. The average molecular weight is 384 g/mol. The third kappa shape index (κ3) is 3.81. The summed E-state index contributed by atoms with van der Waals surface area (Å²) in [6.07, 6.45) is 4.91. The number of rotatable bonds is 5. The second kappa shape index (κ2) is 8.22. The Morgan fingerprint density at radius 2 is 2.00 bits per heavy atom. The van der Waals surface area contributed by atoms with E-state index in [2.05, 4.69) is 17.0 Å². The summed E-state index contributed by atoms with van der Waals surface area (Å²) in [5.74, 6) is 0.870. The SMILES string of the molecule is CCOc1ccccc1[C@H]1[C@H]2CCCC[C@@]2(O)CCN1Cc1cccc(F)c1. The van der Waals surface area contributed by atoms with Crippen LogP contribution in [-0.2, 0) is 6.54 Å². The van der Waals surface area contributed by atoms with Gasteiger partial charge in [0.1, 0.15) is 11.6 Å². The highest BCUT2D eigenvalue weighted by Crippen LogP contribution is 2.51. The Labute approximate surface area is 167 Å². The van der Waals surface area contributed by atoms with Crippen LogP contribution in [0.2, 0.25) is 0 Å². The summed E-state index contributed by atoms with van der Waals surface area (Å²) >= 11 is 0. The van der Waals surface area contributed by atoms with Crippen LogP contribution in [0.3, 0.4) is 0 Å². The van der Waals surface area contributed by atoms with E-state index in [4.69, 9.17) is 4.74 Å². The minimum Gasteiger partial charge on any atom is -0.494 e. The largest absolute Gasteiger partial charge is 0.494 e. The molecule has 0 amide bonds. The topological polar surface area (TPSA) is 32.7 Å². The molecule has 2 aromatic carbocycles. The molecule has 28 heavy (non-hydrogen) atoms. The molecule has 3 nitrogen and oxygen atoms in total. The quantitative estimate of drug-likeness (QED) is 0.780. The minimum absolute atomic E-state index is 0.0741. The van der Waals surface area contributed by atoms with Gasteiger partial charge in [-0.15, -0.1) is 0 Å². The van der Waals surface area contributed by atoms with Crippen LogP contribution >= 0.6 is 0 Å². The highest BCUT2D eigenvalue weighted by Gasteiger charge is 2.49. The number of fused-ring (bicyclic) bond motifs is 1. The van der Waals surface area contributed by atoms with Gasteiger partial charge in [0.05, 0.1) is 12.2 Å². The second-order valence-corrected chi connectivity index (χ2v) is 8.22. The summed E-state index contributed by atoms with van der Waals surface area (Å²) in [6.45, 7) is 4.09. The first kappa shape index (κ1) is 19.4. The van der Waals surface area contributed by atoms with Crippen LogP contribution in [0.5, 0.6) is 5.75 Å². The van der Waals surface area contributed by atoms with Crippen molar-refractivity contribution in [2.75, 3.05) is 13.2 Å². The minimum atomic E-state index is -0.610. The molecule has 1 N–H and O–H groups in total. The third-order valence-corrected chi connectivity index (χ3v) is 6.48. The van der Waals surface area contributed by atoms with Gasteiger partial charge in [-0.2, -0.15) is 0 Å². The van der Waals surface area contributed by atoms with Crippen LogP contribution < -0.4 is 4.74 Å². The number of hydrogen-bond donors (Lipinski definition) is 1. The van der Waals surface area contributed by atoms with E-state index in [0.717, 1.165) is 55.5 Å². The van der Waals surface area contributed by atoms with Gasteiger partial charge in [0, 0.05) is 30.6 Å². The first-order valence-electron chi connectivity index (χ1n) is 10.5. The fraction of sp³-hybridized carbons (Fsp3) is 0.500. The Morgan fingerprint density at radius 1 is 1.14 bits per heavy atom. The Hall–Kier alpha value is -1.91. The first-order chi connectivity index (χ1) is 13.6. The van der Waals surface area contributed by atoms with Gasteiger partial charge in [-0.25, -0.2) is 4.39 Å². The van der Waals surface area contributed by atoms with Crippen LogP contribution in [0, 0.1) is 11.7 Å². The number of aliphatic hydroxyl groups is 1. The predicted molar refractivity (Wildman–Crippen MR) is 109 cm³/mol. The third-order valence-electron chi connectivity index (χ3n) is 6.48. The zero-order valence-corrected chi connectivity index (χ0v) is 16.6. The number of likely N-dealkylation sites (tertiary alicyclic amines) is 1. The van der Waals surface area contributed by atoms with Crippen LogP contribution in [0.1, 0.15) is 56.2 Å². The molecule has 1 saturated carbocycles. The fourth-order valence-corrected chi connectivity index (χ4v) is 5.21. The van der Waals surface area contributed by atoms with Crippen molar-refractivity contribution in [3.05, 3.63) is 65.5 Å². The summed E-state index contributed by atoms with van der Waals surface area (Å²) in [4.78, 5) is 2.41. The van der Waals surface area contributed by atoms with E-state index in [1.54, 1.807) is 12.1 Å². The first-order valence-corrected chi connectivity index (χ1v) is 10.5. The second-order valence-electron chi connectivity index (χ2n) is 8.22. The van der Waals surface area contributed by atoms with Crippen molar-refractivity contribution in [3.8, 4) is 5.75 Å². The molecule has 1 aliphatic heterocycles. The smallest absolute Gasteiger partial charge is 0.124 e. The van der Waals surface area contributed by atoms with Gasteiger partial charge in [-0.1, -0.05) is 43.2 Å². The molecular weight excluding hydrogens is 353 g/mol. The summed E-state index contributed by atoms with van der Waals surface area (Å²) in [6, 6.07) is 15.1. The lowest BCUT2D eigenvalue weighted by molar-refractivity contribution is -0.126. The molecule has 3 atom stereocenters. The van der Waals surface area contributed by atoms with Gasteiger partial charge >= 0.3 is 0 Å².